The van der Waals surface area contributed by atoms with Gasteiger partial charge in [0.15, 0.2) is 0 Å². The molecule has 0 spiro atoms. The first-order valence-electron chi connectivity index (χ1n) is 4.72. The molecule has 0 aliphatic carbocycles. The average Bonchev–Trinajstić information content (AvgIpc) is 2.63. The number of carbonyl (C=O) groups is 1. The molecule has 2 heterocycles. The summed E-state index contributed by atoms with van der Waals surface area (Å²) in [4.78, 5) is 27.1. The topological polar surface area (TPSA) is 90.0 Å². The number of anilines is 1. The van der Waals surface area contributed by atoms with Gasteiger partial charge in [-0.15, -0.1) is 0 Å². The molecule has 0 fully saturated rings. The van der Waals surface area contributed by atoms with Crippen LogP contribution in [0.1, 0.15) is 18.3 Å². The van der Waals surface area contributed by atoms with Gasteiger partial charge in [0, 0.05) is 13.5 Å². The second-order valence-corrected chi connectivity index (χ2v) is 3.47. The smallest absolute Gasteiger partial charge is 0.277 e. The van der Waals surface area contributed by atoms with Crippen LogP contribution in [0.3, 0.4) is 0 Å². The number of aromatic nitrogens is 2. The number of nitrogens with zero attached hydrogens (tertiary/aromatic N) is 2. The first-order valence-corrected chi connectivity index (χ1v) is 4.72. The van der Waals surface area contributed by atoms with Gasteiger partial charge in [-0.1, -0.05) is 0 Å². The van der Waals surface area contributed by atoms with Crippen LogP contribution >= 0.6 is 0 Å². The number of nitrogens with two attached hydrogens (primary N) is 1. The van der Waals surface area contributed by atoms with Crippen molar-refractivity contribution in [2.24, 2.45) is 5.73 Å². The predicted molar refractivity (Wildman–Crippen MR) is 54.6 cm³/mol. The molecule has 2 rings (SSSR count). The van der Waals surface area contributed by atoms with Crippen molar-refractivity contribution in [2.45, 2.75) is 18.9 Å². The highest BCUT2D eigenvalue weighted by Gasteiger charge is 2.29. The van der Waals surface area contributed by atoms with Crippen molar-refractivity contribution in [3.8, 4) is 0 Å². The van der Waals surface area contributed by atoms with E-state index in [1.807, 2.05) is 0 Å². The van der Waals surface area contributed by atoms with Gasteiger partial charge in [-0.2, -0.15) is 0 Å². The quantitative estimate of drug-likeness (QED) is 0.669. The minimum atomic E-state index is -0.548. The fourth-order valence-corrected chi connectivity index (χ4v) is 1.85. The number of fused-ring (bicyclic) bond motifs is 1. The minimum absolute atomic E-state index is 0.233. The molecule has 1 amide bonds. The lowest BCUT2D eigenvalue weighted by Gasteiger charge is -2.11. The SMILES string of the molecule is CNc1cnc2n(c1=O)[C@H](C(N)=O)CC2. The molecule has 1 aliphatic heterocycles. The van der Waals surface area contributed by atoms with E-state index < -0.39 is 11.9 Å². The Balaban J connectivity index is 2.60. The van der Waals surface area contributed by atoms with Crippen LogP contribution < -0.4 is 16.6 Å². The van der Waals surface area contributed by atoms with Crippen molar-refractivity contribution >= 4 is 11.6 Å². The Morgan fingerprint density at radius 2 is 2.47 bits per heavy atom. The van der Waals surface area contributed by atoms with E-state index in [0.29, 0.717) is 24.4 Å². The summed E-state index contributed by atoms with van der Waals surface area (Å²) >= 11 is 0. The van der Waals surface area contributed by atoms with Gasteiger partial charge in [0.1, 0.15) is 17.6 Å². The lowest BCUT2D eigenvalue weighted by molar-refractivity contribution is -0.121. The molecule has 0 aromatic carbocycles. The van der Waals surface area contributed by atoms with Gasteiger partial charge in [-0.25, -0.2) is 4.98 Å². The molecule has 15 heavy (non-hydrogen) atoms. The zero-order valence-corrected chi connectivity index (χ0v) is 8.36. The van der Waals surface area contributed by atoms with Gasteiger partial charge >= 0.3 is 0 Å². The molecule has 1 atom stereocenters. The van der Waals surface area contributed by atoms with E-state index in [0.717, 1.165) is 0 Å². The summed E-state index contributed by atoms with van der Waals surface area (Å²) in [7, 11) is 1.64. The van der Waals surface area contributed by atoms with Gasteiger partial charge < -0.3 is 11.1 Å². The van der Waals surface area contributed by atoms with Crippen molar-refractivity contribution in [1.29, 1.82) is 0 Å². The zero-order chi connectivity index (χ0) is 11.0. The molecule has 1 aromatic heterocycles. The molecule has 1 aliphatic rings. The molecule has 0 bridgehead atoms. The third-order valence-corrected chi connectivity index (χ3v) is 2.62. The monoisotopic (exact) mass is 208 g/mol. The van der Waals surface area contributed by atoms with Crippen LogP contribution in [-0.4, -0.2) is 22.5 Å². The van der Waals surface area contributed by atoms with Crippen molar-refractivity contribution < 1.29 is 4.79 Å². The van der Waals surface area contributed by atoms with Gasteiger partial charge in [0.25, 0.3) is 5.56 Å². The van der Waals surface area contributed by atoms with E-state index in [1.165, 1.54) is 10.8 Å². The number of hydrogen-bond acceptors (Lipinski definition) is 4. The molecule has 0 saturated heterocycles. The van der Waals surface area contributed by atoms with Crippen LogP contribution in [0.4, 0.5) is 5.69 Å². The normalized spacial score (nSPS) is 18.6. The molecule has 0 radical (unpaired) electrons. The number of amides is 1. The maximum Gasteiger partial charge on any atom is 0.277 e. The second-order valence-electron chi connectivity index (χ2n) is 3.47. The van der Waals surface area contributed by atoms with Crippen LogP contribution in [0.5, 0.6) is 0 Å². The predicted octanol–water partition coefficient (Wildman–Crippen LogP) is -0.742. The van der Waals surface area contributed by atoms with Crippen LogP contribution in [0, 0.1) is 0 Å². The molecular formula is C9H12N4O2. The lowest BCUT2D eigenvalue weighted by Crippen LogP contribution is -2.33. The maximum atomic E-state index is 11.9. The molecule has 0 unspecified atom stereocenters. The molecule has 6 nitrogen and oxygen atoms in total. The highest BCUT2D eigenvalue weighted by atomic mass is 16.2. The first kappa shape index (κ1) is 9.70. The fraction of sp³-hybridized carbons (Fsp3) is 0.444. The number of aryl methyl sites for hydroxylation is 1. The molecule has 0 saturated carbocycles. The van der Waals surface area contributed by atoms with Crippen molar-refractivity contribution in [1.82, 2.24) is 9.55 Å². The Hall–Kier alpha value is -1.85. The Morgan fingerprint density at radius 3 is 3.07 bits per heavy atom. The number of rotatable bonds is 2. The van der Waals surface area contributed by atoms with Crippen molar-refractivity contribution in [2.75, 3.05) is 12.4 Å². The fourth-order valence-electron chi connectivity index (χ4n) is 1.85. The summed E-state index contributed by atoms with van der Waals surface area (Å²) < 4.78 is 1.38. The average molecular weight is 208 g/mol. The van der Waals surface area contributed by atoms with Crippen LogP contribution in [0.2, 0.25) is 0 Å². The van der Waals surface area contributed by atoms with Crippen LogP contribution in [-0.2, 0) is 11.2 Å². The Labute approximate surface area is 86.1 Å². The standard InChI is InChI=1S/C9H12N4O2/c1-11-5-4-12-7-3-2-6(8(10)14)13(7)9(5)15/h4,6,11H,2-3H2,1H3,(H2,10,14)/t6-/m0/s1. The Morgan fingerprint density at radius 1 is 1.73 bits per heavy atom. The number of hydrogen-bond donors (Lipinski definition) is 2. The Bertz CT molecular complexity index is 466. The number of nitrogens with one attached hydrogen (secondary N) is 1. The molecule has 80 valence electrons. The molecular weight excluding hydrogens is 196 g/mol. The zero-order valence-electron chi connectivity index (χ0n) is 8.36. The first-order chi connectivity index (χ1) is 7.15. The summed E-state index contributed by atoms with van der Waals surface area (Å²) in [5, 5.41) is 2.74. The molecule has 6 heteroatoms. The number of primary amides is 1. The number of carbonyl (C=O) groups excluding carboxylic acids is 1. The highest BCUT2D eigenvalue weighted by Crippen LogP contribution is 2.22. The van der Waals surface area contributed by atoms with Gasteiger partial charge in [0.05, 0.1) is 6.20 Å². The summed E-state index contributed by atoms with van der Waals surface area (Å²) in [5.41, 5.74) is 5.37. The van der Waals surface area contributed by atoms with E-state index in [1.54, 1.807) is 7.05 Å². The third-order valence-electron chi connectivity index (χ3n) is 2.62. The lowest BCUT2D eigenvalue weighted by atomic mass is 10.2. The minimum Gasteiger partial charge on any atom is -0.382 e. The van der Waals surface area contributed by atoms with Crippen LogP contribution in [0.25, 0.3) is 0 Å². The summed E-state index contributed by atoms with van der Waals surface area (Å²) in [6.07, 6.45) is 2.66. The summed E-state index contributed by atoms with van der Waals surface area (Å²) in [6.45, 7) is 0. The summed E-state index contributed by atoms with van der Waals surface area (Å²) in [6, 6.07) is -0.548. The van der Waals surface area contributed by atoms with E-state index in [-0.39, 0.29) is 5.56 Å². The Kier molecular flexibility index (Phi) is 2.18. The molecule has 3 N–H and O–H groups in total. The molecule has 1 aromatic rings. The highest BCUT2D eigenvalue weighted by molar-refractivity contribution is 5.79. The van der Waals surface area contributed by atoms with E-state index in [9.17, 15) is 9.59 Å². The van der Waals surface area contributed by atoms with Crippen LogP contribution in [0.15, 0.2) is 11.0 Å². The largest absolute Gasteiger partial charge is 0.382 e. The van der Waals surface area contributed by atoms with Gasteiger partial charge in [-0.3, -0.25) is 14.2 Å². The van der Waals surface area contributed by atoms with E-state index >= 15 is 0 Å². The van der Waals surface area contributed by atoms with E-state index in [4.69, 9.17) is 5.73 Å². The maximum absolute atomic E-state index is 11.9. The third kappa shape index (κ3) is 1.38. The van der Waals surface area contributed by atoms with Gasteiger partial charge in [0.2, 0.25) is 5.91 Å². The van der Waals surface area contributed by atoms with Crippen molar-refractivity contribution in [3.05, 3.63) is 22.4 Å². The second kappa shape index (κ2) is 3.38. The van der Waals surface area contributed by atoms with Crippen molar-refractivity contribution in [3.63, 3.8) is 0 Å². The van der Waals surface area contributed by atoms with Gasteiger partial charge in [-0.05, 0) is 6.42 Å². The summed E-state index contributed by atoms with van der Waals surface area (Å²) in [5.74, 6) is 0.147. The van der Waals surface area contributed by atoms with E-state index in [2.05, 4.69) is 10.3 Å².